The van der Waals surface area contributed by atoms with Crippen molar-refractivity contribution >= 4 is 5.78 Å². The van der Waals surface area contributed by atoms with Crippen molar-refractivity contribution in [3.8, 4) is 0 Å². The molecule has 2 atom stereocenters. The largest absolute Gasteiger partial charge is 0.386 e. The van der Waals surface area contributed by atoms with E-state index in [1.54, 1.807) is 14.0 Å². The predicted molar refractivity (Wildman–Crippen MR) is 37.8 cm³/mol. The fraction of sp³-hybridized carbons (Fsp3) is 0.857. The number of aliphatic hydroxyl groups excluding tert-OH is 1. The Morgan fingerprint density at radius 3 is 2.40 bits per heavy atom. The first-order chi connectivity index (χ1) is 4.57. The smallest absolute Gasteiger partial charge is 0.163 e. The van der Waals surface area contributed by atoms with Gasteiger partial charge in [0.2, 0.25) is 0 Å². The summed E-state index contributed by atoms with van der Waals surface area (Å²) < 4.78 is 4.84. The molecule has 60 valence electrons. The zero-order valence-electron chi connectivity index (χ0n) is 6.63. The van der Waals surface area contributed by atoms with Gasteiger partial charge in [0, 0.05) is 13.5 Å². The van der Waals surface area contributed by atoms with E-state index >= 15 is 0 Å². The van der Waals surface area contributed by atoms with Gasteiger partial charge in [0.1, 0.15) is 6.10 Å². The van der Waals surface area contributed by atoms with Crippen LogP contribution >= 0.6 is 0 Å². The van der Waals surface area contributed by atoms with Gasteiger partial charge in [0.25, 0.3) is 0 Å². The van der Waals surface area contributed by atoms with E-state index in [0.29, 0.717) is 0 Å². The molecule has 0 rings (SSSR count). The Hall–Kier alpha value is -0.410. The maximum absolute atomic E-state index is 10.8. The molecule has 0 spiro atoms. The number of carbonyl (C=O) groups excluding carboxylic acids is 1. The number of hydrogen-bond donors (Lipinski definition) is 1. The molecule has 0 radical (unpaired) electrons. The van der Waals surface area contributed by atoms with Crippen molar-refractivity contribution in [1.29, 1.82) is 0 Å². The molecule has 0 aromatic rings. The molecule has 1 N–H and O–H groups in total. The van der Waals surface area contributed by atoms with Gasteiger partial charge in [-0.2, -0.15) is 0 Å². The molecule has 0 saturated carbocycles. The average Bonchev–Trinajstić information content (AvgIpc) is 1.87. The number of methoxy groups -OCH3 is 1. The predicted octanol–water partition coefficient (Wildman–Crippen LogP) is 0.361. The molecule has 0 fully saturated rings. The third kappa shape index (κ3) is 3.58. The quantitative estimate of drug-likeness (QED) is 0.623. The summed E-state index contributed by atoms with van der Waals surface area (Å²) in [6, 6.07) is 0. The third-order valence-electron chi connectivity index (χ3n) is 1.36. The summed E-state index contributed by atoms with van der Waals surface area (Å²) in [5.74, 6) is -0.172. The van der Waals surface area contributed by atoms with Gasteiger partial charge in [-0.3, -0.25) is 4.79 Å². The van der Waals surface area contributed by atoms with E-state index in [1.807, 2.05) is 0 Å². The fourth-order valence-corrected chi connectivity index (χ4v) is 0.537. The zero-order valence-corrected chi connectivity index (χ0v) is 6.63. The Labute approximate surface area is 61.0 Å². The molecule has 0 aromatic heterocycles. The minimum atomic E-state index is -0.863. The topological polar surface area (TPSA) is 46.5 Å². The van der Waals surface area contributed by atoms with Gasteiger partial charge in [0.05, 0.1) is 6.10 Å². The first-order valence-electron chi connectivity index (χ1n) is 3.31. The second kappa shape index (κ2) is 4.41. The molecule has 0 heterocycles. The number of Topliss-reactive ketones (excluding diaryl/α,β-unsaturated/α-hetero) is 1. The summed E-state index contributed by atoms with van der Waals surface area (Å²) in [5.41, 5.74) is 0. The molecule has 0 unspecified atom stereocenters. The minimum absolute atomic E-state index is 0.0953. The van der Waals surface area contributed by atoms with Crippen LogP contribution in [0.15, 0.2) is 0 Å². The summed E-state index contributed by atoms with van der Waals surface area (Å²) in [6.45, 7) is 3.25. The van der Waals surface area contributed by atoms with Crippen LogP contribution in [-0.2, 0) is 9.53 Å². The summed E-state index contributed by atoms with van der Waals surface area (Å²) in [4.78, 5) is 10.8. The van der Waals surface area contributed by atoms with E-state index in [-0.39, 0.29) is 18.3 Å². The molecule has 0 aliphatic carbocycles. The number of aliphatic hydroxyl groups is 1. The van der Waals surface area contributed by atoms with Crippen molar-refractivity contribution < 1.29 is 14.6 Å². The number of rotatable bonds is 4. The van der Waals surface area contributed by atoms with Crippen LogP contribution in [0.1, 0.15) is 20.3 Å². The van der Waals surface area contributed by atoms with Gasteiger partial charge in [0.15, 0.2) is 5.78 Å². The summed E-state index contributed by atoms with van der Waals surface area (Å²) in [7, 11) is 1.54. The van der Waals surface area contributed by atoms with E-state index < -0.39 is 6.10 Å². The van der Waals surface area contributed by atoms with Crippen molar-refractivity contribution in [2.45, 2.75) is 32.5 Å². The van der Waals surface area contributed by atoms with Crippen LogP contribution in [0.25, 0.3) is 0 Å². The molecule has 0 bridgehead atoms. The highest BCUT2D eigenvalue weighted by Crippen LogP contribution is 1.98. The zero-order chi connectivity index (χ0) is 8.15. The SMILES string of the molecule is CO[C@H](C)CC(=O)[C@H](C)O. The summed E-state index contributed by atoms with van der Waals surface area (Å²) in [6.07, 6.45) is -0.673. The van der Waals surface area contributed by atoms with Crippen molar-refractivity contribution in [2.75, 3.05) is 7.11 Å². The van der Waals surface area contributed by atoms with Gasteiger partial charge >= 0.3 is 0 Å². The van der Waals surface area contributed by atoms with Crippen molar-refractivity contribution in [3.63, 3.8) is 0 Å². The van der Waals surface area contributed by atoms with Crippen LogP contribution in [0.3, 0.4) is 0 Å². The highest BCUT2D eigenvalue weighted by atomic mass is 16.5. The average molecular weight is 146 g/mol. The highest BCUT2D eigenvalue weighted by molar-refractivity contribution is 5.82. The first kappa shape index (κ1) is 9.59. The normalized spacial score (nSPS) is 16.4. The molecule has 0 aromatic carbocycles. The van der Waals surface area contributed by atoms with Gasteiger partial charge in [-0.25, -0.2) is 0 Å². The number of ketones is 1. The van der Waals surface area contributed by atoms with Gasteiger partial charge in [-0.05, 0) is 13.8 Å². The lowest BCUT2D eigenvalue weighted by atomic mass is 10.1. The maximum Gasteiger partial charge on any atom is 0.163 e. The van der Waals surface area contributed by atoms with Crippen LogP contribution in [0.4, 0.5) is 0 Å². The first-order valence-corrected chi connectivity index (χ1v) is 3.31. The number of carbonyl (C=O) groups is 1. The summed E-state index contributed by atoms with van der Waals surface area (Å²) >= 11 is 0. The Bertz CT molecular complexity index is 109. The molecule has 3 nitrogen and oxygen atoms in total. The van der Waals surface area contributed by atoms with Crippen LogP contribution in [0.2, 0.25) is 0 Å². The van der Waals surface area contributed by atoms with Crippen LogP contribution in [-0.4, -0.2) is 30.2 Å². The van der Waals surface area contributed by atoms with E-state index in [9.17, 15) is 4.79 Å². The maximum atomic E-state index is 10.8. The third-order valence-corrected chi connectivity index (χ3v) is 1.36. The lowest BCUT2D eigenvalue weighted by Crippen LogP contribution is -2.21. The summed E-state index contributed by atoms with van der Waals surface area (Å²) in [5, 5.41) is 8.76. The molecule has 0 aliphatic heterocycles. The molecule has 0 aliphatic rings. The minimum Gasteiger partial charge on any atom is -0.386 e. The van der Waals surface area contributed by atoms with Crippen LogP contribution in [0, 0.1) is 0 Å². The van der Waals surface area contributed by atoms with Crippen LogP contribution < -0.4 is 0 Å². The lowest BCUT2D eigenvalue weighted by molar-refractivity contribution is -0.128. The van der Waals surface area contributed by atoms with Crippen molar-refractivity contribution in [3.05, 3.63) is 0 Å². The highest BCUT2D eigenvalue weighted by Gasteiger charge is 2.12. The van der Waals surface area contributed by atoms with Gasteiger partial charge in [-0.1, -0.05) is 0 Å². The molecule has 0 amide bonds. The van der Waals surface area contributed by atoms with E-state index in [1.165, 1.54) is 6.92 Å². The van der Waals surface area contributed by atoms with E-state index in [4.69, 9.17) is 9.84 Å². The Kier molecular flexibility index (Phi) is 4.23. The molecular weight excluding hydrogens is 132 g/mol. The fourth-order valence-electron chi connectivity index (χ4n) is 0.537. The van der Waals surface area contributed by atoms with Crippen molar-refractivity contribution in [1.82, 2.24) is 0 Å². The van der Waals surface area contributed by atoms with Crippen LogP contribution in [0.5, 0.6) is 0 Å². The second-order valence-corrected chi connectivity index (χ2v) is 2.39. The number of ether oxygens (including phenoxy) is 1. The van der Waals surface area contributed by atoms with E-state index in [2.05, 4.69) is 0 Å². The number of hydrogen-bond acceptors (Lipinski definition) is 3. The van der Waals surface area contributed by atoms with Crippen molar-refractivity contribution in [2.24, 2.45) is 0 Å². The Morgan fingerprint density at radius 2 is 2.10 bits per heavy atom. The standard InChI is InChI=1S/C7H14O3/c1-5(10-3)4-7(9)6(2)8/h5-6,8H,4H2,1-3H3/t5-,6+/m1/s1. The molecule has 10 heavy (non-hydrogen) atoms. The molecular formula is C7H14O3. The van der Waals surface area contributed by atoms with Gasteiger partial charge < -0.3 is 9.84 Å². The molecule has 3 heteroatoms. The van der Waals surface area contributed by atoms with Gasteiger partial charge in [-0.15, -0.1) is 0 Å². The van der Waals surface area contributed by atoms with E-state index in [0.717, 1.165) is 0 Å². The Morgan fingerprint density at radius 1 is 1.60 bits per heavy atom. The monoisotopic (exact) mass is 146 g/mol. The lowest BCUT2D eigenvalue weighted by Gasteiger charge is -2.08. The Balaban J connectivity index is 3.57. The molecule has 0 saturated heterocycles. The second-order valence-electron chi connectivity index (χ2n) is 2.39.